The van der Waals surface area contributed by atoms with Crippen molar-refractivity contribution in [3.8, 4) is 5.75 Å². The van der Waals surface area contributed by atoms with Gasteiger partial charge in [0.15, 0.2) is 0 Å². The Morgan fingerprint density at radius 3 is 2.29 bits per heavy atom. The van der Waals surface area contributed by atoms with Gasteiger partial charge in [0.05, 0.1) is 0 Å². The number of hydrogen-bond donors (Lipinski definition) is 2. The first-order valence-corrected chi connectivity index (χ1v) is 5.21. The van der Waals surface area contributed by atoms with Crippen LogP contribution in [-0.4, -0.2) is 31.4 Å². The smallest absolute Gasteiger partial charge is 0.123 e. The lowest BCUT2D eigenvalue weighted by atomic mass is 10.2. The van der Waals surface area contributed by atoms with Gasteiger partial charge in [0.25, 0.3) is 0 Å². The first-order chi connectivity index (χ1) is 6.84. The molecule has 2 rings (SSSR count). The van der Waals surface area contributed by atoms with Crippen molar-refractivity contribution in [1.29, 1.82) is 0 Å². The number of ether oxygens (including phenoxy) is 1. The maximum absolute atomic E-state index is 7.00. The molecule has 1 aromatic carbocycles. The van der Waals surface area contributed by atoms with Gasteiger partial charge in [-0.2, -0.15) is 0 Å². The number of halogens is 1. The van der Waals surface area contributed by atoms with Crippen LogP contribution in [0.4, 0.5) is 0 Å². The predicted molar refractivity (Wildman–Crippen MR) is 59.6 cm³/mol. The zero-order valence-corrected chi connectivity index (χ0v) is 9.62. The van der Waals surface area contributed by atoms with Crippen LogP contribution in [-0.2, 0) is 0 Å². The standard InChI is InChI=1S/C9H10BrNO.CH4O/c10-7-1-3-8(4-2-7)12-9-5-11-6-9;1-2/h1-4,9,11H,5-6H2;2H,1H3. The van der Waals surface area contributed by atoms with E-state index in [1.807, 2.05) is 24.3 Å². The molecule has 14 heavy (non-hydrogen) atoms. The summed E-state index contributed by atoms with van der Waals surface area (Å²) in [7, 11) is 1.00. The van der Waals surface area contributed by atoms with Crippen molar-refractivity contribution in [3.63, 3.8) is 0 Å². The molecule has 0 bridgehead atoms. The summed E-state index contributed by atoms with van der Waals surface area (Å²) in [5, 5.41) is 10.2. The van der Waals surface area contributed by atoms with E-state index in [0.29, 0.717) is 6.10 Å². The van der Waals surface area contributed by atoms with Crippen LogP contribution in [0.1, 0.15) is 0 Å². The second kappa shape index (κ2) is 6.01. The Hall–Kier alpha value is -0.580. The van der Waals surface area contributed by atoms with Crippen molar-refractivity contribution in [2.24, 2.45) is 0 Å². The molecule has 1 fully saturated rings. The third kappa shape index (κ3) is 3.29. The Balaban J connectivity index is 0.000000461. The summed E-state index contributed by atoms with van der Waals surface area (Å²) in [4.78, 5) is 0. The number of aliphatic hydroxyl groups excluding tert-OH is 1. The van der Waals surface area contributed by atoms with E-state index in [0.717, 1.165) is 30.4 Å². The average molecular weight is 260 g/mol. The molecule has 0 saturated carbocycles. The van der Waals surface area contributed by atoms with Crippen molar-refractivity contribution in [2.75, 3.05) is 20.2 Å². The summed E-state index contributed by atoms with van der Waals surface area (Å²) in [5.41, 5.74) is 0. The van der Waals surface area contributed by atoms with E-state index in [2.05, 4.69) is 21.2 Å². The van der Waals surface area contributed by atoms with E-state index in [1.54, 1.807) is 0 Å². The third-order valence-corrected chi connectivity index (χ3v) is 2.39. The van der Waals surface area contributed by atoms with E-state index in [1.165, 1.54) is 0 Å². The highest BCUT2D eigenvalue weighted by atomic mass is 79.9. The van der Waals surface area contributed by atoms with Crippen LogP contribution in [0.5, 0.6) is 5.75 Å². The van der Waals surface area contributed by atoms with Crippen molar-refractivity contribution < 1.29 is 9.84 Å². The van der Waals surface area contributed by atoms with E-state index < -0.39 is 0 Å². The van der Waals surface area contributed by atoms with Gasteiger partial charge in [-0.1, -0.05) is 15.9 Å². The average Bonchev–Trinajstić information content (AvgIpc) is 2.17. The summed E-state index contributed by atoms with van der Waals surface area (Å²) >= 11 is 3.37. The van der Waals surface area contributed by atoms with Gasteiger partial charge < -0.3 is 15.2 Å². The monoisotopic (exact) mass is 259 g/mol. The zero-order chi connectivity index (χ0) is 10.4. The number of rotatable bonds is 2. The molecule has 1 aliphatic heterocycles. The second-order valence-electron chi connectivity index (χ2n) is 2.85. The number of hydrogen-bond acceptors (Lipinski definition) is 3. The Morgan fingerprint density at radius 1 is 1.29 bits per heavy atom. The molecule has 0 aliphatic carbocycles. The summed E-state index contributed by atoms with van der Waals surface area (Å²) in [6.45, 7) is 1.94. The Labute approximate surface area is 92.2 Å². The van der Waals surface area contributed by atoms with Crippen molar-refractivity contribution in [1.82, 2.24) is 5.32 Å². The maximum atomic E-state index is 7.00. The minimum absolute atomic E-state index is 0.367. The van der Waals surface area contributed by atoms with Gasteiger partial charge in [0.1, 0.15) is 11.9 Å². The minimum atomic E-state index is 0.367. The highest BCUT2D eigenvalue weighted by Crippen LogP contribution is 2.17. The molecule has 0 atom stereocenters. The molecule has 1 heterocycles. The van der Waals surface area contributed by atoms with E-state index in [4.69, 9.17) is 9.84 Å². The lowest BCUT2D eigenvalue weighted by Crippen LogP contribution is -2.50. The Bertz CT molecular complexity index is 259. The van der Waals surface area contributed by atoms with Gasteiger partial charge in [0.2, 0.25) is 0 Å². The molecular weight excluding hydrogens is 246 g/mol. The number of nitrogens with one attached hydrogen (secondary N) is 1. The highest BCUT2D eigenvalue weighted by Gasteiger charge is 2.17. The van der Waals surface area contributed by atoms with Crippen LogP contribution in [0.2, 0.25) is 0 Å². The van der Waals surface area contributed by atoms with E-state index in [-0.39, 0.29) is 0 Å². The lowest BCUT2D eigenvalue weighted by Gasteiger charge is -2.27. The molecule has 0 amide bonds. The third-order valence-electron chi connectivity index (χ3n) is 1.86. The fraction of sp³-hybridized carbons (Fsp3) is 0.400. The Morgan fingerprint density at radius 2 is 1.86 bits per heavy atom. The molecule has 3 nitrogen and oxygen atoms in total. The van der Waals surface area contributed by atoms with Crippen LogP contribution in [0, 0.1) is 0 Å². The fourth-order valence-electron chi connectivity index (χ4n) is 1.05. The molecule has 1 aromatic rings. The van der Waals surface area contributed by atoms with Crippen LogP contribution >= 0.6 is 15.9 Å². The summed E-state index contributed by atoms with van der Waals surface area (Å²) in [6, 6.07) is 7.92. The number of benzene rings is 1. The summed E-state index contributed by atoms with van der Waals surface area (Å²) in [6.07, 6.45) is 0.367. The van der Waals surface area contributed by atoms with Crippen LogP contribution in [0.3, 0.4) is 0 Å². The van der Waals surface area contributed by atoms with Crippen molar-refractivity contribution >= 4 is 15.9 Å². The molecule has 0 radical (unpaired) electrons. The maximum Gasteiger partial charge on any atom is 0.123 e. The van der Waals surface area contributed by atoms with E-state index >= 15 is 0 Å². The van der Waals surface area contributed by atoms with Crippen molar-refractivity contribution in [3.05, 3.63) is 28.7 Å². The molecule has 1 aliphatic rings. The molecule has 2 N–H and O–H groups in total. The topological polar surface area (TPSA) is 41.5 Å². The predicted octanol–water partition coefficient (Wildman–Crippen LogP) is 1.41. The molecule has 1 saturated heterocycles. The molecular formula is C10H14BrNO2. The van der Waals surface area contributed by atoms with Crippen molar-refractivity contribution in [2.45, 2.75) is 6.10 Å². The van der Waals surface area contributed by atoms with Gasteiger partial charge in [0, 0.05) is 24.7 Å². The molecule has 4 heteroatoms. The molecule has 0 unspecified atom stereocenters. The summed E-state index contributed by atoms with van der Waals surface area (Å²) in [5.74, 6) is 0.949. The second-order valence-corrected chi connectivity index (χ2v) is 3.77. The van der Waals surface area contributed by atoms with Gasteiger partial charge in [-0.3, -0.25) is 0 Å². The normalized spacial score (nSPS) is 15.1. The lowest BCUT2D eigenvalue weighted by molar-refractivity contribution is 0.142. The van der Waals surface area contributed by atoms with Crippen LogP contribution in [0.15, 0.2) is 28.7 Å². The first kappa shape index (κ1) is 11.5. The first-order valence-electron chi connectivity index (χ1n) is 4.42. The van der Waals surface area contributed by atoms with Gasteiger partial charge in [-0.15, -0.1) is 0 Å². The SMILES string of the molecule is Brc1ccc(OC2CNC2)cc1.CO. The van der Waals surface area contributed by atoms with Gasteiger partial charge >= 0.3 is 0 Å². The van der Waals surface area contributed by atoms with E-state index in [9.17, 15) is 0 Å². The fourth-order valence-corrected chi connectivity index (χ4v) is 1.32. The highest BCUT2D eigenvalue weighted by molar-refractivity contribution is 9.10. The zero-order valence-electron chi connectivity index (χ0n) is 8.03. The van der Waals surface area contributed by atoms with Crippen LogP contribution < -0.4 is 10.1 Å². The molecule has 78 valence electrons. The van der Waals surface area contributed by atoms with Crippen LogP contribution in [0.25, 0.3) is 0 Å². The number of aliphatic hydroxyl groups is 1. The Kier molecular flexibility index (Phi) is 4.93. The quantitative estimate of drug-likeness (QED) is 0.844. The van der Waals surface area contributed by atoms with Gasteiger partial charge in [-0.25, -0.2) is 0 Å². The summed E-state index contributed by atoms with van der Waals surface area (Å²) < 4.78 is 6.71. The molecule has 0 spiro atoms. The minimum Gasteiger partial charge on any atom is -0.488 e. The largest absolute Gasteiger partial charge is 0.488 e. The molecule has 0 aromatic heterocycles. The van der Waals surface area contributed by atoms with Gasteiger partial charge in [-0.05, 0) is 24.3 Å².